The van der Waals surface area contributed by atoms with Crippen molar-refractivity contribution in [2.75, 3.05) is 6.54 Å². The third-order valence-corrected chi connectivity index (χ3v) is 8.88. The number of sulfonamides is 1. The minimum Gasteiger partial charge on any atom is -0.350 e. The van der Waals surface area contributed by atoms with E-state index in [0.717, 1.165) is 22.3 Å². The van der Waals surface area contributed by atoms with Crippen molar-refractivity contribution in [1.82, 2.24) is 14.9 Å². The van der Waals surface area contributed by atoms with E-state index in [9.17, 15) is 22.4 Å². The highest BCUT2D eigenvalue weighted by Gasteiger charge is 2.30. The summed E-state index contributed by atoms with van der Waals surface area (Å²) < 4.78 is 40.8. The van der Waals surface area contributed by atoms with Crippen molar-refractivity contribution >= 4 is 21.8 Å². The highest BCUT2D eigenvalue weighted by molar-refractivity contribution is 7.89. The topological polar surface area (TPSA) is 95.6 Å². The highest BCUT2D eigenvalue weighted by atomic mass is 32.2. The van der Waals surface area contributed by atoms with Crippen molar-refractivity contribution in [3.8, 4) is 0 Å². The summed E-state index contributed by atoms with van der Waals surface area (Å²) in [4.78, 5) is 29.4. The molecular weight excluding hydrogens is 577 g/mol. The van der Waals surface area contributed by atoms with Crippen LogP contribution in [0.15, 0.2) is 108 Å². The number of benzene rings is 4. The molecule has 0 saturated carbocycles. The lowest BCUT2D eigenvalue weighted by molar-refractivity contribution is -0.141. The maximum atomic E-state index is 13.9. The number of carbonyl (C=O) groups is 2. The molecule has 0 spiro atoms. The van der Waals surface area contributed by atoms with Gasteiger partial charge in [-0.1, -0.05) is 91.3 Å². The van der Waals surface area contributed by atoms with Crippen molar-refractivity contribution in [2.24, 2.45) is 0 Å². The Labute approximate surface area is 259 Å². The Kier molecular flexibility index (Phi) is 11.4. The second-order valence-corrected chi connectivity index (χ2v) is 12.5. The molecule has 44 heavy (non-hydrogen) atoms. The van der Waals surface area contributed by atoms with Crippen molar-refractivity contribution in [2.45, 2.75) is 57.1 Å². The second kappa shape index (κ2) is 15.4. The molecule has 0 heterocycles. The van der Waals surface area contributed by atoms with E-state index >= 15 is 0 Å². The number of nitrogens with one attached hydrogen (secondary N) is 2. The van der Waals surface area contributed by atoms with Crippen LogP contribution in [-0.4, -0.2) is 37.7 Å². The molecule has 230 valence electrons. The molecule has 0 saturated heterocycles. The molecule has 9 heteroatoms. The van der Waals surface area contributed by atoms with Gasteiger partial charge < -0.3 is 10.2 Å². The van der Waals surface area contributed by atoms with Crippen LogP contribution in [0.25, 0.3) is 0 Å². The summed E-state index contributed by atoms with van der Waals surface area (Å²) in [5.74, 6) is -0.920. The van der Waals surface area contributed by atoms with Crippen LogP contribution in [0.2, 0.25) is 0 Å². The van der Waals surface area contributed by atoms with Gasteiger partial charge in [0.25, 0.3) is 0 Å². The Morgan fingerprint density at radius 2 is 1.41 bits per heavy atom. The number of hydrogen-bond acceptors (Lipinski definition) is 4. The first-order chi connectivity index (χ1) is 21.1. The van der Waals surface area contributed by atoms with Crippen molar-refractivity contribution in [3.05, 3.63) is 137 Å². The van der Waals surface area contributed by atoms with Gasteiger partial charge in [-0.25, -0.2) is 17.5 Å². The van der Waals surface area contributed by atoms with E-state index in [2.05, 4.69) is 10.0 Å². The summed E-state index contributed by atoms with van der Waals surface area (Å²) in [6, 6.07) is 28.9. The van der Waals surface area contributed by atoms with Gasteiger partial charge in [0.15, 0.2) is 0 Å². The van der Waals surface area contributed by atoms with Gasteiger partial charge >= 0.3 is 0 Å². The predicted molar refractivity (Wildman–Crippen MR) is 170 cm³/mol. The highest BCUT2D eigenvalue weighted by Crippen LogP contribution is 2.19. The van der Waals surface area contributed by atoms with Gasteiger partial charge in [-0.2, -0.15) is 0 Å². The summed E-state index contributed by atoms with van der Waals surface area (Å²) in [7, 11) is -3.58. The largest absolute Gasteiger partial charge is 0.350 e. The van der Waals surface area contributed by atoms with E-state index in [-0.39, 0.29) is 42.0 Å². The SMILES string of the molecule is CCNS(=O)(=O)c1ccc(CCC(=O)N(Cc2ccc(F)cc2)[C@@H](Cc2ccccc2)C(=O)NCc2ccc(C)cc2)cc1. The van der Waals surface area contributed by atoms with Gasteiger partial charge in [-0.3, -0.25) is 9.59 Å². The molecule has 0 unspecified atom stereocenters. The molecule has 4 aromatic carbocycles. The van der Waals surface area contributed by atoms with E-state index in [4.69, 9.17) is 0 Å². The fourth-order valence-corrected chi connectivity index (χ4v) is 5.90. The van der Waals surface area contributed by atoms with E-state index < -0.39 is 16.1 Å². The van der Waals surface area contributed by atoms with E-state index in [1.165, 1.54) is 24.3 Å². The van der Waals surface area contributed by atoms with Crippen LogP contribution in [0.5, 0.6) is 0 Å². The Bertz CT molecular complexity index is 1630. The monoisotopic (exact) mass is 615 g/mol. The van der Waals surface area contributed by atoms with Gasteiger partial charge in [0, 0.05) is 32.5 Å². The fourth-order valence-electron chi connectivity index (χ4n) is 4.86. The van der Waals surface area contributed by atoms with Crippen molar-refractivity contribution in [3.63, 3.8) is 0 Å². The number of hydrogen-bond donors (Lipinski definition) is 2. The van der Waals surface area contributed by atoms with E-state index in [0.29, 0.717) is 24.9 Å². The molecule has 0 fully saturated rings. The summed E-state index contributed by atoms with van der Waals surface area (Å²) in [5, 5.41) is 3.02. The Hall–Kier alpha value is -4.34. The predicted octanol–water partition coefficient (Wildman–Crippen LogP) is 5.32. The smallest absolute Gasteiger partial charge is 0.243 e. The summed E-state index contributed by atoms with van der Waals surface area (Å²) in [6.45, 7) is 4.42. The number of halogens is 1. The number of rotatable bonds is 14. The maximum Gasteiger partial charge on any atom is 0.243 e. The maximum absolute atomic E-state index is 13.9. The minimum atomic E-state index is -3.58. The molecule has 2 amide bonds. The molecule has 0 aromatic heterocycles. The molecule has 0 bridgehead atoms. The molecule has 4 rings (SSSR count). The lowest BCUT2D eigenvalue weighted by Gasteiger charge is -2.32. The first-order valence-corrected chi connectivity index (χ1v) is 16.1. The molecule has 0 aliphatic rings. The molecule has 7 nitrogen and oxygen atoms in total. The van der Waals surface area contributed by atoms with E-state index in [1.54, 1.807) is 36.1 Å². The molecular formula is C35H38FN3O4S. The summed E-state index contributed by atoms with van der Waals surface area (Å²) >= 11 is 0. The molecule has 1 atom stereocenters. The van der Waals surface area contributed by atoms with Gasteiger partial charge in [0.1, 0.15) is 11.9 Å². The first kappa shape index (κ1) is 32.6. The van der Waals surface area contributed by atoms with Crippen LogP contribution in [0.1, 0.15) is 41.2 Å². The summed E-state index contributed by atoms with van der Waals surface area (Å²) in [6.07, 6.45) is 0.741. The van der Waals surface area contributed by atoms with Crippen LogP contribution in [0.3, 0.4) is 0 Å². The van der Waals surface area contributed by atoms with Crippen molar-refractivity contribution < 1.29 is 22.4 Å². The third kappa shape index (κ3) is 9.33. The fraction of sp³-hybridized carbons (Fsp3) is 0.257. The normalized spacial score (nSPS) is 12.0. The van der Waals surface area contributed by atoms with Gasteiger partial charge in [0.05, 0.1) is 4.90 Å². The second-order valence-electron chi connectivity index (χ2n) is 10.7. The Balaban J connectivity index is 1.58. The third-order valence-electron chi connectivity index (χ3n) is 7.32. The van der Waals surface area contributed by atoms with Crippen LogP contribution in [0.4, 0.5) is 4.39 Å². The van der Waals surface area contributed by atoms with Gasteiger partial charge in [-0.15, -0.1) is 0 Å². The molecule has 2 N–H and O–H groups in total. The van der Waals surface area contributed by atoms with Crippen LogP contribution in [0, 0.1) is 12.7 Å². The zero-order valence-electron chi connectivity index (χ0n) is 25.0. The quantitative estimate of drug-likeness (QED) is 0.201. The van der Waals surface area contributed by atoms with Crippen LogP contribution < -0.4 is 10.0 Å². The number of aryl methyl sites for hydroxylation is 2. The van der Waals surface area contributed by atoms with Crippen LogP contribution >= 0.6 is 0 Å². The Morgan fingerprint density at radius 1 is 0.795 bits per heavy atom. The zero-order valence-corrected chi connectivity index (χ0v) is 25.8. The van der Waals surface area contributed by atoms with Gasteiger partial charge in [-0.05, 0) is 59.9 Å². The molecule has 0 aliphatic heterocycles. The zero-order chi connectivity index (χ0) is 31.5. The standard InChI is InChI=1S/C35H38FN3O4S/c1-3-38-44(42,43)32-20-15-27(16-21-32)17-22-34(40)39(25-30-13-18-31(36)19-14-30)33(23-28-7-5-4-6-8-28)35(41)37-24-29-11-9-26(2)10-12-29/h4-16,18-21,33,38H,3,17,22-25H2,1-2H3,(H,37,41)/t33-/m0/s1. The molecule has 0 radical (unpaired) electrons. The minimum absolute atomic E-state index is 0.0943. The average molecular weight is 616 g/mol. The lowest BCUT2D eigenvalue weighted by atomic mass is 10.0. The lowest BCUT2D eigenvalue weighted by Crippen LogP contribution is -2.50. The summed E-state index contributed by atoms with van der Waals surface area (Å²) in [5.41, 5.74) is 4.45. The number of carbonyl (C=O) groups excluding carboxylic acids is 2. The number of amides is 2. The molecule has 0 aliphatic carbocycles. The van der Waals surface area contributed by atoms with E-state index in [1.807, 2.05) is 61.5 Å². The average Bonchev–Trinajstić information content (AvgIpc) is 3.02. The van der Waals surface area contributed by atoms with Gasteiger partial charge in [0.2, 0.25) is 21.8 Å². The Morgan fingerprint density at radius 3 is 2.05 bits per heavy atom. The van der Waals surface area contributed by atoms with Crippen LogP contribution in [-0.2, 0) is 45.5 Å². The number of nitrogens with zero attached hydrogens (tertiary/aromatic N) is 1. The first-order valence-electron chi connectivity index (χ1n) is 14.6. The van der Waals surface area contributed by atoms with Crippen molar-refractivity contribution in [1.29, 1.82) is 0 Å². The molecule has 4 aromatic rings.